The summed E-state index contributed by atoms with van der Waals surface area (Å²) in [7, 11) is 1.86. The van der Waals surface area contributed by atoms with Crippen LogP contribution in [0.4, 0.5) is 50.3 Å². The fraction of sp³-hybridized carbons (Fsp3) is 0.111. The monoisotopic (exact) mass is 1070 g/mol. The van der Waals surface area contributed by atoms with Crippen molar-refractivity contribution < 1.29 is 59.8 Å². The predicted molar refractivity (Wildman–Crippen MR) is 247 cm³/mol. The standard InChI is InChI=1S/C23H24N4O3.C12H12N2O.C9H6N2O2.CH4.H3P.U/c1-15-4-5-19(25-16(2)28)14-22(15)27-23(29)26-18-8-12-21(13-9-18)30-20-10-6-17(24-3)7-11-20;13-9-1-5-11(6-2-9)15-12-7-3-10(14)4-8-12;1-7-2-3-8(10-5-12)4-9(7)11-6-13;;;/h4-14,24H,1-3H3,(H,25,28)(H2,26,27,29);1-8H,13-14H2;2-4H,1H3;1H4;1H3;. The van der Waals surface area contributed by atoms with Crippen LogP contribution in [0.25, 0.3) is 0 Å². The van der Waals surface area contributed by atoms with E-state index in [1.165, 1.54) is 25.1 Å². The first-order chi connectivity index (χ1) is 27.9. The van der Waals surface area contributed by atoms with Crippen LogP contribution < -0.4 is 42.2 Å². The molecule has 0 saturated heterocycles. The summed E-state index contributed by atoms with van der Waals surface area (Å²) in [6.07, 6.45) is 2.84. The van der Waals surface area contributed by atoms with E-state index in [9.17, 15) is 19.2 Å². The molecule has 1 atom stereocenters. The molecule has 61 heavy (non-hydrogen) atoms. The molecule has 14 nitrogen and oxygen atoms in total. The van der Waals surface area contributed by atoms with Gasteiger partial charge in [-0.15, -0.1) is 0 Å². The number of aliphatic imine (C=N–C) groups is 2. The van der Waals surface area contributed by atoms with E-state index in [1.807, 2.05) is 68.6 Å². The van der Waals surface area contributed by atoms with E-state index < -0.39 is 0 Å². The van der Waals surface area contributed by atoms with Crippen molar-refractivity contribution in [1.29, 1.82) is 0 Å². The summed E-state index contributed by atoms with van der Waals surface area (Å²) in [5.41, 5.74) is 18.0. The van der Waals surface area contributed by atoms with E-state index in [-0.39, 0.29) is 60.4 Å². The number of hydrogen-bond donors (Lipinski definition) is 6. The molecule has 8 N–H and O–H groups in total. The number of hydrogen-bond acceptors (Lipinski definition) is 11. The van der Waals surface area contributed by atoms with Crippen molar-refractivity contribution in [2.45, 2.75) is 28.2 Å². The summed E-state index contributed by atoms with van der Waals surface area (Å²) in [4.78, 5) is 50.4. The number of benzene rings is 6. The minimum atomic E-state index is -0.380. The Morgan fingerprint density at radius 2 is 1.02 bits per heavy atom. The summed E-state index contributed by atoms with van der Waals surface area (Å²) in [5, 5.41) is 11.3. The maximum absolute atomic E-state index is 12.4. The molecule has 0 aliphatic rings. The molecule has 0 spiro atoms. The van der Waals surface area contributed by atoms with Crippen molar-refractivity contribution in [1.82, 2.24) is 0 Å². The van der Waals surface area contributed by atoms with Crippen LogP contribution in [0.5, 0.6) is 23.0 Å². The van der Waals surface area contributed by atoms with Gasteiger partial charge in [-0.25, -0.2) is 14.4 Å². The molecule has 1 unspecified atom stereocenters. The van der Waals surface area contributed by atoms with Crippen LogP contribution >= 0.6 is 9.90 Å². The number of urea groups is 1. The van der Waals surface area contributed by atoms with Gasteiger partial charge in [0.25, 0.3) is 0 Å². The Morgan fingerprint density at radius 3 is 1.48 bits per heavy atom. The normalized spacial score (nSPS) is 9.18. The Labute approximate surface area is 382 Å². The molecule has 314 valence electrons. The van der Waals surface area contributed by atoms with Gasteiger partial charge in [-0.3, -0.25) is 4.79 Å². The second-order valence-electron chi connectivity index (χ2n) is 12.3. The zero-order valence-electron chi connectivity index (χ0n) is 33.4. The number of nitrogens with zero attached hydrogens (tertiary/aromatic N) is 2. The zero-order valence-corrected chi connectivity index (χ0v) is 39.0. The molecule has 16 heteroatoms. The molecule has 0 saturated carbocycles. The Morgan fingerprint density at radius 1 is 0.574 bits per heavy atom. The van der Waals surface area contributed by atoms with E-state index in [0.717, 1.165) is 45.4 Å². The van der Waals surface area contributed by atoms with Gasteiger partial charge in [-0.1, -0.05) is 19.6 Å². The van der Waals surface area contributed by atoms with Gasteiger partial charge < -0.3 is 42.2 Å². The Balaban J connectivity index is 0.000000504. The third-order valence-electron chi connectivity index (χ3n) is 7.83. The van der Waals surface area contributed by atoms with Crippen LogP contribution in [0.2, 0.25) is 0 Å². The number of ether oxygens (including phenoxy) is 2. The fourth-order valence-corrected chi connectivity index (χ4v) is 4.85. The topological polar surface area (TPSA) is 212 Å². The molecule has 0 aliphatic carbocycles. The zero-order chi connectivity index (χ0) is 41.9. The van der Waals surface area contributed by atoms with Gasteiger partial charge in [0.2, 0.25) is 18.1 Å². The summed E-state index contributed by atoms with van der Waals surface area (Å²) in [6.45, 7) is 5.11. The molecular weight excluding hydrogens is 1020 g/mol. The van der Waals surface area contributed by atoms with Crippen LogP contribution in [-0.4, -0.2) is 31.1 Å². The van der Waals surface area contributed by atoms with Crippen LogP contribution in [0, 0.1) is 45.0 Å². The van der Waals surface area contributed by atoms with Crippen molar-refractivity contribution in [3.63, 3.8) is 0 Å². The van der Waals surface area contributed by atoms with Crippen LogP contribution in [0.1, 0.15) is 25.5 Å². The van der Waals surface area contributed by atoms with E-state index in [4.69, 9.17) is 20.9 Å². The third-order valence-corrected chi connectivity index (χ3v) is 7.83. The summed E-state index contributed by atoms with van der Waals surface area (Å²) >= 11 is 0. The number of rotatable bonds is 10. The number of nitrogen functional groups attached to an aromatic ring is 2. The van der Waals surface area contributed by atoms with Crippen LogP contribution in [-0.2, 0) is 14.4 Å². The Kier molecular flexibility index (Phi) is 23.3. The van der Waals surface area contributed by atoms with Crippen LogP contribution in [0.15, 0.2) is 143 Å². The molecule has 6 rings (SSSR count). The quantitative estimate of drug-likeness (QED) is 0.0333. The molecule has 0 heterocycles. The second-order valence-corrected chi connectivity index (χ2v) is 12.3. The number of aryl methyl sites for hydroxylation is 2. The number of amides is 3. The first kappa shape index (κ1) is 52.3. The average Bonchev–Trinajstić information content (AvgIpc) is 3.21. The number of carbonyl (C=O) groups is 2. The molecule has 0 bridgehead atoms. The van der Waals surface area contributed by atoms with E-state index in [1.54, 1.807) is 79.7 Å². The molecule has 0 aromatic heterocycles. The Bertz CT molecular complexity index is 2360. The largest absolute Gasteiger partial charge is 0.457 e. The average molecular weight is 1070 g/mol. The first-order valence-electron chi connectivity index (χ1n) is 17.6. The van der Waals surface area contributed by atoms with E-state index >= 15 is 0 Å². The van der Waals surface area contributed by atoms with Gasteiger partial charge in [0.05, 0.1) is 11.4 Å². The summed E-state index contributed by atoms with van der Waals surface area (Å²) in [5.74, 6) is 2.73. The second kappa shape index (κ2) is 27.1. The molecule has 6 aromatic carbocycles. The summed E-state index contributed by atoms with van der Waals surface area (Å²) < 4.78 is 11.4. The van der Waals surface area contributed by atoms with E-state index in [2.05, 4.69) is 31.3 Å². The number of nitrogens with one attached hydrogen (secondary N) is 4. The smallest absolute Gasteiger partial charge is 0.323 e. The molecular formula is C45H49N8O6PU. The molecule has 0 radical (unpaired) electrons. The minimum absolute atomic E-state index is 0. The molecule has 0 aliphatic heterocycles. The number of isocyanates is 2. The van der Waals surface area contributed by atoms with Crippen molar-refractivity contribution >= 4 is 79.5 Å². The SMILES string of the molecule is C.CNc1ccc(Oc2ccc(NC(=O)Nc3cc(NC(C)=O)ccc3C)cc2)cc1.Cc1ccc(N=C=O)cc1N=C=O.Nc1ccc(Oc2ccc(N)cc2)cc1.P.[U]. The number of anilines is 6. The Hall–Kier alpha value is -6.70. The first-order valence-corrected chi connectivity index (χ1v) is 17.6. The van der Waals surface area contributed by atoms with Crippen molar-refractivity contribution in [3.05, 3.63) is 145 Å². The van der Waals surface area contributed by atoms with Gasteiger partial charge in [-0.2, -0.15) is 19.9 Å². The molecule has 3 amide bonds. The van der Waals surface area contributed by atoms with Gasteiger partial charge in [0.1, 0.15) is 23.0 Å². The van der Waals surface area contributed by atoms with Crippen molar-refractivity contribution in [2.75, 3.05) is 39.8 Å². The van der Waals surface area contributed by atoms with Gasteiger partial charge >= 0.3 is 6.03 Å². The van der Waals surface area contributed by atoms with Gasteiger partial charge in [0.15, 0.2) is 0 Å². The third kappa shape index (κ3) is 18.4. The van der Waals surface area contributed by atoms with Gasteiger partial charge in [-0.05, 0) is 146 Å². The van der Waals surface area contributed by atoms with Crippen molar-refractivity contribution in [3.8, 4) is 23.0 Å². The number of nitrogens with two attached hydrogens (primary N) is 2. The number of carbonyl (C=O) groups excluding carboxylic acids is 4. The minimum Gasteiger partial charge on any atom is -0.457 e. The van der Waals surface area contributed by atoms with E-state index in [0.29, 0.717) is 34.2 Å². The fourth-order valence-electron chi connectivity index (χ4n) is 4.85. The molecule has 0 fully saturated rings. The van der Waals surface area contributed by atoms with Crippen molar-refractivity contribution in [2.24, 2.45) is 9.98 Å². The predicted octanol–water partition coefficient (Wildman–Crippen LogP) is 10.7. The summed E-state index contributed by atoms with van der Waals surface area (Å²) in [6, 6.07) is 39.0. The van der Waals surface area contributed by atoms with Gasteiger partial charge in [0, 0.05) is 79.2 Å². The maximum atomic E-state index is 12.4. The molecule has 6 aromatic rings. The van der Waals surface area contributed by atoms with Crippen LogP contribution in [0.3, 0.4) is 0 Å². The maximum Gasteiger partial charge on any atom is 0.323 e.